The van der Waals surface area contributed by atoms with Gasteiger partial charge in [-0.3, -0.25) is 9.69 Å². The molecule has 2 aromatic rings. The van der Waals surface area contributed by atoms with Crippen molar-refractivity contribution in [2.75, 3.05) is 18.4 Å². The lowest BCUT2D eigenvalue weighted by Crippen LogP contribution is -2.44. The van der Waals surface area contributed by atoms with Crippen LogP contribution < -0.4 is 5.32 Å². The largest absolute Gasteiger partial charge is 0.508 e. The Morgan fingerprint density at radius 2 is 2.00 bits per heavy atom. The summed E-state index contributed by atoms with van der Waals surface area (Å²) >= 11 is 5.75. The minimum Gasteiger partial charge on any atom is -0.508 e. The first-order valence-electron chi connectivity index (χ1n) is 8.42. The summed E-state index contributed by atoms with van der Waals surface area (Å²) in [5, 5.41) is 12.1. The summed E-state index contributed by atoms with van der Waals surface area (Å²) in [6, 6.07) is 10.9. The minimum atomic E-state index is -0.513. The van der Waals surface area contributed by atoms with Crippen LogP contribution in [0.3, 0.4) is 0 Å². The fourth-order valence-corrected chi connectivity index (χ4v) is 3.14. The SMILES string of the molecule is CC(C(=O)Nc1ccc(F)c(Cl)c1)N1CC=C(c2ccc(O)cc2)CC1. The molecule has 0 aromatic heterocycles. The number of aromatic hydroxyl groups is 1. The molecule has 1 aliphatic rings. The van der Waals surface area contributed by atoms with E-state index >= 15 is 0 Å². The molecule has 0 aliphatic carbocycles. The summed E-state index contributed by atoms with van der Waals surface area (Å²) in [7, 11) is 0. The van der Waals surface area contributed by atoms with E-state index in [0.717, 1.165) is 18.5 Å². The molecule has 2 aromatic carbocycles. The molecule has 26 heavy (non-hydrogen) atoms. The van der Waals surface area contributed by atoms with E-state index < -0.39 is 5.82 Å². The fourth-order valence-electron chi connectivity index (χ4n) is 2.96. The zero-order chi connectivity index (χ0) is 18.7. The number of anilines is 1. The van der Waals surface area contributed by atoms with Crippen LogP contribution in [0.25, 0.3) is 5.57 Å². The lowest BCUT2D eigenvalue weighted by molar-refractivity contribution is -0.120. The molecule has 1 amide bonds. The van der Waals surface area contributed by atoms with Crippen LogP contribution in [-0.2, 0) is 4.79 Å². The standard InChI is InChI=1S/C20H20ClFN2O2/c1-13(20(26)23-16-4-7-19(22)18(21)12-16)24-10-8-15(9-11-24)14-2-5-17(25)6-3-14/h2-8,12-13,25H,9-11H2,1H3,(H,23,26). The van der Waals surface area contributed by atoms with Crippen molar-refractivity contribution >= 4 is 28.8 Å². The van der Waals surface area contributed by atoms with Gasteiger partial charge in [0, 0.05) is 18.8 Å². The van der Waals surface area contributed by atoms with Gasteiger partial charge in [-0.15, -0.1) is 0 Å². The molecule has 6 heteroatoms. The van der Waals surface area contributed by atoms with Gasteiger partial charge in [0.2, 0.25) is 5.91 Å². The zero-order valence-electron chi connectivity index (χ0n) is 14.4. The Balaban J connectivity index is 1.61. The summed E-state index contributed by atoms with van der Waals surface area (Å²) in [6.07, 6.45) is 2.93. The maximum Gasteiger partial charge on any atom is 0.241 e. The molecule has 1 unspecified atom stereocenters. The molecule has 2 N–H and O–H groups in total. The first-order chi connectivity index (χ1) is 12.4. The van der Waals surface area contributed by atoms with E-state index in [1.165, 1.54) is 23.8 Å². The highest BCUT2D eigenvalue weighted by molar-refractivity contribution is 6.31. The number of halogens is 2. The zero-order valence-corrected chi connectivity index (χ0v) is 15.1. The van der Waals surface area contributed by atoms with Crippen LogP contribution in [0.4, 0.5) is 10.1 Å². The van der Waals surface area contributed by atoms with E-state index in [0.29, 0.717) is 12.2 Å². The van der Waals surface area contributed by atoms with Gasteiger partial charge in [-0.1, -0.05) is 29.8 Å². The van der Waals surface area contributed by atoms with Crippen molar-refractivity contribution in [3.8, 4) is 5.75 Å². The summed E-state index contributed by atoms with van der Waals surface area (Å²) in [5.74, 6) is -0.423. The molecule has 4 nitrogen and oxygen atoms in total. The average molecular weight is 375 g/mol. The Hall–Kier alpha value is -2.37. The van der Waals surface area contributed by atoms with Crippen molar-refractivity contribution in [2.24, 2.45) is 0 Å². The molecule has 0 saturated carbocycles. The highest BCUT2D eigenvalue weighted by Crippen LogP contribution is 2.25. The van der Waals surface area contributed by atoms with E-state index in [1.54, 1.807) is 12.1 Å². The van der Waals surface area contributed by atoms with Crippen molar-refractivity contribution in [3.63, 3.8) is 0 Å². The summed E-state index contributed by atoms with van der Waals surface area (Å²) in [4.78, 5) is 14.5. The van der Waals surface area contributed by atoms with Crippen LogP contribution in [0.2, 0.25) is 5.02 Å². The minimum absolute atomic E-state index is 0.0186. The molecule has 0 bridgehead atoms. The lowest BCUT2D eigenvalue weighted by Gasteiger charge is -2.31. The van der Waals surface area contributed by atoms with Gasteiger partial charge in [0.25, 0.3) is 0 Å². The van der Waals surface area contributed by atoms with Gasteiger partial charge in [-0.2, -0.15) is 0 Å². The van der Waals surface area contributed by atoms with Crippen LogP contribution in [0.1, 0.15) is 18.9 Å². The van der Waals surface area contributed by atoms with E-state index in [4.69, 9.17) is 11.6 Å². The molecule has 0 saturated heterocycles. The number of rotatable bonds is 4. The quantitative estimate of drug-likeness (QED) is 0.838. The third kappa shape index (κ3) is 4.23. The number of phenols is 1. The van der Waals surface area contributed by atoms with Crippen LogP contribution in [0.15, 0.2) is 48.5 Å². The molecule has 0 spiro atoms. The molecule has 0 radical (unpaired) electrons. The highest BCUT2D eigenvalue weighted by Gasteiger charge is 2.23. The summed E-state index contributed by atoms with van der Waals surface area (Å²) in [5.41, 5.74) is 2.77. The van der Waals surface area contributed by atoms with Crippen LogP contribution >= 0.6 is 11.6 Å². The summed E-state index contributed by atoms with van der Waals surface area (Å²) < 4.78 is 13.2. The number of hydrogen-bond donors (Lipinski definition) is 2. The Bertz CT molecular complexity index is 836. The van der Waals surface area contributed by atoms with Crippen molar-refractivity contribution in [1.82, 2.24) is 4.90 Å². The molecule has 1 aliphatic heterocycles. The molecule has 136 valence electrons. The van der Waals surface area contributed by atoms with Gasteiger partial charge in [0.05, 0.1) is 11.1 Å². The molecule has 3 rings (SSSR count). The van der Waals surface area contributed by atoms with Gasteiger partial charge < -0.3 is 10.4 Å². The molecular formula is C20H20ClFN2O2. The second-order valence-corrected chi connectivity index (χ2v) is 6.72. The first-order valence-corrected chi connectivity index (χ1v) is 8.80. The Labute approximate surface area is 156 Å². The number of carbonyl (C=O) groups excluding carboxylic acids is 1. The number of carbonyl (C=O) groups is 1. The number of hydrogen-bond acceptors (Lipinski definition) is 3. The normalized spacial score (nSPS) is 16.0. The second kappa shape index (κ2) is 7.89. The van der Waals surface area contributed by atoms with Gasteiger partial charge in [-0.25, -0.2) is 4.39 Å². The van der Waals surface area contributed by atoms with Crippen molar-refractivity contribution in [2.45, 2.75) is 19.4 Å². The van der Waals surface area contributed by atoms with Gasteiger partial charge in [-0.05, 0) is 54.8 Å². The predicted molar refractivity (Wildman–Crippen MR) is 102 cm³/mol. The number of phenolic OH excluding ortho intramolecular Hbond substituents is 1. The Kier molecular flexibility index (Phi) is 5.59. The van der Waals surface area contributed by atoms with Crippen molar-refractivity contribution in [1.29, 1.82) is 0 Å². The average Bonchev–Trinajstić information content (AvgIpc) is 2.65. The number of amides is 1. The maximum absolute atomic E-state index is 13.2. The van der Waals surface area contributed by atoms with E-state index in [2.05, 4.69) is 16.3 Å². The maximum atomic E-state index is 13.2. The molecule has 0 fully saturated rings. The fraction of sp³-hybridized carbons (Fsp3) is 0.250. The molecule has 1 atom stereocenters. The number of nitrogens with zero attached hydrogens (tertiary/aromatic N) is 1. The van der Waals surface area contributed by atoms with Crippen LogP contribution in [-0.4, -0.2) is 35.0 Å². The predicted octanol–water partition coefficient (Wildman–Crippen LogP) is 4.30. The second-order valence-electron chi connectivity index (χ2n) is 6.32. The van der Waals surface area contributed by atoms with Gasteiger partial charge >= 0.3 is 0 Å². The van der Waals surface area contributed by atoms with Gasteiger partial charge in [0.15, 0.2) is 0 Å². The van der Waals surface area contributed by atoms with Crippen LogP contribution in [0.5, 0.6) is 5.75 Å². The monoisotopic (exact) mass is 374 g/mol. The smallest absolute Gasteiger partial charge is 0.241 e. The van der Waals surface area contributed by atoms with E-state index in [-0.39, 0.29) is 22.7 Å². The Morgan fingerprint density at radius 3 is 2.62 bits per heavy atom. The summed E-state index contributed by atoms with van der Waals surface area (Å²) in [6.45, 7) is 3.26. The third-order valence-corrected chi connectivity index (χ3v) is 4.88. The lowest BCUT2D eigenvalue weighted by atomic mass is 9.98. The van der Waals surface area contributed by atoms with Crippen LogP contribution in [0, 0.1) is 5.82 Å². The van der Waals surface area contributed by atoms with Crippen molar-refractivity contribution in [3.05, 3.63) is 64.9 Å². The number of nitrogens with one attached hydrogen (secondary N) is 1. The highest BCUT2D eigenvalue weighted by atomic mass is 35.5. The van der Waals surface area contributed by atoms with E-state index in [1.807, 2.05) is 19.1 Å². The van der Waals surface area contributed by atoms with Crippen molar-refractivity contribution < 1.29 is 14.3 Å². The Morgan fingerprint density at radius 1 is 1.27 bits per heavy atom. The topological polar surface area (TPSA) is 52.6 Å². The molecular weight excluding hydrogens is 355 g/mol. The third-order valence-electron chi connectivity index (χ3n) is 4.59. The first kappa shape index (κ1) is 18.4. The molecule has 1 heterocycles. The van der Waals surface area contributed by atoms with E-state index in [9.17, 15) is 14.3 Å². The van der Waals surface area contributed by atoms with Gasteiger partial charge in [0.1, 0.15) is 11.6 Å². The number of benzene rings is 2.